The van der Waals surface area contributed by atoms with Gasteiger partial charge in [0.15, 0.2) is 0 Å². The Bertz CT molecular complexity index is 559. The molecule has 5 nitrogen and oxygen atoms in total. The molecule has 2 N–H and O–H groups in total. The van der Waals surface area contributed by atoms with Crippen LogP contribution in [0.1, 0.15) is 24.8 Å². The number of aliphatic hydroxyl groups is 2. The van der Waals surface area contributed by atoms with Crippen molar-refractivity contribution >= 4 is 28.7 Å². The number of likely N-dealkylation sites (tertiary alicyclic amines) is 1. The number of aliphatic hydroxyl groups excluding tert-OH is 2. The fourth-order valence-corrected chi connectivity index (χ4v) is 4.77. The lowest BCUT2D eigenvalue weighted by Crippen LogP contribution is -2.56. The maximum atomic E-state index is 10.1. The van der Waals surface area contributed by atoms with Gasteiger partial charge in [-0.15, -0.1) is 0 Å². The highest BCUT2D eigenvalue weighted by Crippen LogP contribution is 2.28. The zero-order valence-corrected chi connectivity index (χ0v) is 17.0. The summed E-state index contributed by atoms with van der Waals surface area (Å²) in [7, 11) is 0. The normalized spacial score (nSPS) is 31.3. The fraction of sp³-hybridized carbons (Fsp3) is 0.684. The van der Waals surface area contributed by atoms with E-state index >= 15 is 0 Å². The van der Waals surface area contributed by atoms with E-state index in [1.807, 2.05) is 23.0 Å². The number of anilines is 1. The van der Waals surface area contributed by atoms with Gasteiger partial charge < -0.3 is 18.2 Å². The molecular formula is C19H29IN2O3. The Labute approximate surface area is 164 Å². The van der Waals surface area contributed by atoms with Crippen LogP contribution in [0.2, 0.25) is 0 Å². The number of halogens is 1. The van der Waals surface area contributed by atoms with Gasteiger partial charge in [0.25, 0.3) is 0 Å². The van der Waals surface area contributed by atoms with Crippen molar-refractivity contribution in [3.05, 3.63) is 29.8 Å². The first-order valence-corrected chi connectivity index (χ1v) is 10.1. The summed E-state index contributed by atoms with van der Waals surface area (Å²) in [6.45, 7) is 6.09. The van der Waals surface area contributed by atoms with Crippen LogP contribution in [0.15, 0.2) is 24.3 Å². The average molecular weight is 460 g/mol. The van der Waals surface area contributed by atoms with Crippen LogP contribution in [0.4, 0.5) is 5.69 Å². The number of rotatable bonds is 5. The van der Waals surface area contributed by atoms with Crippen molar-refractivity contribution in [1.29, 1.82) is 0 Å². The van der Waals surface area contributed by atoms with Gasteiger partial charge in [-0.3, -0.25) is 4.90 Å². The highest BCUT2D eigenvalue weighted by molar-refractivity contribution is 14.1. The molecule has 25 heavy (non-hydrogen) atoms. The summed E-state index contributed by atoms with van der Waals surface area (Å²) in [5.41, 5.74) is 2.67. The highest BCUT2D eigenvalue weighted by atomic mass is 127. The largest absolute Gasteiger partial charge is 0.395 e. The average Bonchev–Trinajstić information content (AvgIpc) is 2.63. The van der Waals surface area contributed by atoms with Crippen LogP contribution >= 0.6 is 23.0 Å². The molecule has 140 valence electrons. The predicted molar refractivity (Wildman–Crippen MR) is 108 cm³/mol. The standard InChI is InChI=1S/C19H29IN2O3/c1-14-5-2-3-7-17(14)21-8-4-6-15(10-21)11-22-12-19(25-20)18(24)9-16(22)13-23/h2-3,5,7,15-16,18-19,23-24H,4,6,8-13H2,1H3/t15-,16+,18-,19-/m0/s1. The molecule has 3 rings (SSSR count). The van der Waals surface area contributed by atoms with E-state index in [0.29, 0.717) is 18.9 Å². The van der Waals surface area contributed by atoms with E-state index in [1.165, 1.54) is 24.1 Å². The number of piperidine rings is 2. The molecule has 0 radical (unpaired) electrons. The molecule has 0 amide bonds. The van der Waals surface area contributed by atoms with Crippen molar-refractivity contribution in [3.8, 4) is 0 Å². The Morgan fingerprint density at radius 1 is 1.28 bits per heavy atom. The van der Waals surface area contributed by atoms with Crippen LogP contribution in [0, 0.1) is 12.8 Å². The van der Waals surface area contributed by atoms with Crippen LogP contribution in [0.5, 0.6) is 0 Å². The molecule has 2 aliphatic heterocycles. The van der Waals surface area contributed by atoms with Crippen molar-refractivity contribution in [2.75, 3.05) is 37.7 Å². The van der Waals surface area contributed by atoms with Crippen LogP contribution in [-0.4, -0.2) is 66.1 Å². The third-order valence-electron chi connectivity index (χ3n) is 5.67. The molecule has 0 unspecified atom stereocenters. The SMILES string of the molecule is Cc1ccccc1N1CCC[C@H](CN2C[C@H](OI)[C@@H](O)C[C@@H]2CO)C1. The van der Waals surface area contributed by atoms with Gasteiger partial charge in [0.05, 0.1) is 12.7 Å². The molecule has 0 bridgehead atoms. The summed E-state index contributed by atoms with van der Waals surface area (Å²) in [6, 6.07) is 8.63. The van der Waals surface area contributed by atoms with Crippen LogP contribution in [-0.2, 0) is 3.07 Å². The number of nitrogens with zero attached hydrogens (tertiary/aromatic N) is 2. The monoisotopic (exact) mass is 460 g/mol. The number of hydrogen-bond acceptors (Lipinski definition) is 5. The van der Waals surface area contributed by atoms with Crippen molar-refractivity contribution in [1.82, 2.24) is 4.90 Å². The van der Waals surface area contributed by atoms with Gasteiger partial charge in [-0.05, 0) is 43.7 Å². The van der Waals surface area contributed by atoms with E-state index in [0.717, 1.165) is 19.6 Å². The quantitative estimate of drug-likeness (QED) is 0.662. The van der Waals surface area contributed by atoms with E-state index in [4.69, 9.17) is 3.07 Å². The molecule has 4 atom stereocenters. The fourth-order valence-electron chi connectivity index (χ4n) is 4.27. The lowest BCUT2D eigenvalue weighted by Gasteiger charge is -2.44. The highest BCUT2D eigenvalue weighted by Gasteiger charge is 2.36. The first-order valence-electron chi connectivity index (χ1n) is 9.23. The molecule has 0 saturated carbocycles. The minimum atomic E-state index is -0.486. The van der Waals surface area contributed by atoms with E-state index in [2.05, 4.69) is 41.0 Å². The van der Waals surface area contributed by atoms with Gasteiger partial charge in [0, 0.05) is 37.9 Å². The Morgan fingerprint density at radius 2 is 2.08 bits per heavy atom. The zero-order valence-electron chi connectivity index (χ0n) is 14.9. The van der Waals surface area contributed by atoms with Gasteiger partial charge in [-0.2, -0.15) is 0 Å². The molecule has 0 spiro atoms. The number of benzene rings is 1. The van der Waals surface area contributed by atoms with Crippen molar-refractivity contribution < 1.29 is 13.3 Å². The molecule has 2 aliphatic rings. The summed E-state index contributed by atoms with van der Waals surface area (Å²) in [6.07, 6.45) is 2.35. The second-order valence-electron chi connectivity index (χ2n) is 7.46. The number of para-hydroxylation sites is 1. The van der Waals surface area contributed by atoms with E-state index in [1.54, 1.807) is 0 Å². The molecular weight excluding hydrogens is 431 g/mol. The van der Waals surface area contributed by atoms with Crippen LogP contribution in [0.25, 0.3) is 0 Å². The lowest BCUT2D eigenvalue weighted by atomic mass is 9.92. The molecule has 1 aromatic rings. The summed E-state index contributed by atoms with van der Waals surface area (Å²) in [4.78, 5) is 4.82. The lowest BCUT2D eigenvalue weighted by molar-refractivity contribution is -0.0508. The topological polar surface area (TPSA) is 56.2 Å². The molecule has 2 heterocycles. The second-order valence-corrected chi connectivity index (χ2v) is 7.97. The third-order valence-corrected chi connectivity index (χ3v) is 6.32. The smallest absolute Gasteiger partial charge is 0.110 e. The number of hydrogen-bond donors (Lipinski definition) is 2. The maximum absolute atomic E-state index is 10.1. The van der Waals surface area contributed by atoms with Gasteiger partial charge in [0.1, 0.15) is 29.1 Å². The first-order chi connectivity index (χ1) is 12.1. The number of aryl methyl sites for hydroxylation is 1. The minimum Gasteiger partial charge on any atom is -0.395 e. The minimum absolute atomic E-state index is 0.0339. The molecule has 2 saturated heterocycles. The first kappa shape index (κ1) is 19.4. The van der Waals surface area contributed by atoms with Gasteiger partial charge in [0.2, 0.25) is 0 Å². The Kier molecular flexibility index (Phi) is 6.96. The Morgan fingerprint density at radius 3 is 2.80 bits per heavy atom. The third kappa shape index (κ3) is 4.66. The van der Waals surface area contributed by atoms with Crippen LogP contribution in [0.3, 0.4) is 0 Å². The van der Waals surface area contributed by atoms with Gasteiger partial charge in [-0.25, -0.2) is 0 Å². The molecule has 0 aliphatic carbocycles. The predicted octanol–water partition coefficient (Wildman–Crippen LogP) is 2.37. The van der Waals surface area contributed by atoms with Crippen molar-refractivity contribution in [3.63, 3.8) is 0 Å². The van der Waals surface area contributed by atoms with E-state index in [9.17, 15) is 10.2 Å². The molecule has 6 heteroatoms. The van der Waals surface area contributed by atoms with Gasteiger partial charge in [-0.1, -0.05) is 18.2 Å². The van der Waals surface area contributed by atoms with Crippen molar-refractivity contribution in [2.24, 2.45) is 5.92 Å². The molecule has 0 aromatic heterocycles. The summed E-state index contributed by atoms with van der Waals surface area (Å²) >= 11 is 1.88. The Hall–Kier alpha value is -0.410. The maximum Gasteiger partial charge on any atom is 0.110 e. The summed E-state index contributed by atoms with van der Waals surface area (Å²) in [5, 5.41) is 19.9. The summed E-state index contributed by atoms with van der Waals surface area (Å²) < 4.78 is 5.41. The molecule has 2 fully saturated rings. The Balaban J connectivity index is 1.64. The zero-order chi connectivity index (χ0) is 17.8. The van der Waals surface area contributed by atoms with Crippen molar-refractivity contribution in [2.45, 2.75) is 44.4 Å². The van der Waals surface area contributed by atoms with Crippen LogP contribution < -0.4 is 4.90 Å². The van der Waals surface area contributed by atoms with Gasteiger partial charge >= 0.3 is 0 Å². The van der Waals surface area contributed by atoms with E-state index in [-0.39, 0.29) is 18.8 Å². The summed E-state index contributed by atoms with van der Waals surface area (Å²) in [5.74, 6) is 0.576. The molecule has 1 aromatic carbocycles. The second kappa shape index (κ2) is 8.99. The van der Waals surface area contributed by atoms with E-state index < -0.39 is 6.10 Å².